The Bertz CT molecular complexity index is 827. The van der Waals surface area contributed by atoms with Gasteiger partial charge in [0.2, 0.25) is 0 Å². The zero-order valence-corrected chi connectivity index (χ0v) is 18.9. The number of nitrogens with zero attached hydrogens (tertiary/aromatic N) is 2. The molecule has 0 bridgehead atoms. The summed E-state index contributed by atoms with van der Waals surface area (Å²) in [6.45, 7) is 1.12. The molecule has 2 aliphatic carbocycles. The normalized spacial score (nSPS) is 21.8. The van der Waals surface area contributed by atoms with Gasteiger partial charge in [0.15, 0.2) is 5.82 Å². The van der Waals surface area contributed by atoms with Crippen molar-refractivity contribution in [2.75, 3.05) is 19.0 Å². The molecule has 2 aliphatic rings. The average Bonchev–Trinajstić information content (AvgIpc) is 3.14. The molecule has 30 heavy (non-hydrogen) atoms. The van der Waals surface area contributed by atoms with E-state index in [0.717, 1.165) is 49.3 Å². The van der Waals surface area contributed by atoms with E-state index in [-0.39, 0.29) is 42.1 Å². The fourth-order valence-corrected chi connectivity index (χ4v) is 4.61. The summed E-state index contributed by atoms with van der Waals surface area (Å²) < 4.78 is 19.1. The molecule has 0 radical (unpaired) electrons. The van der Waals surface area contributed by atoms with Gasteiger partial charge in [0.05, 0.1) is 0 Å². The van der Waals surface area contributed by atoms with Gasteiger partial charge in [0, 0.05) is 42.8 Å². The van der Waals surface area contributed by atoms with Crippen LogP contribution in [0.3, 0.4) is 0 Å². The molecule has 2 saturated carbocycles. The van der Waals surface area contributed by atoms with Crippen molar-refractivity contribution < 1.29 is 9.13 Å². The molecule has 0 aliphatic heterocycles. The third-order valence-corrected chi connectivity index (χ3v) is 6.26. The molecular weight excluding hydrogens is 426 g/mol. The monoisotopic (exact) mass is 456 g/mol. The summed E-state index contributed by atoms with van der Waals surface area (Å²) in [7, 11) is 1.65. The second-order valence-corrected chi connectivity index (χ2v) is 8.31. The van der Waals surface area contributed by atoms with E-state index in [2.05, 4.69) is 15.3 Å². The largest absolute Gasteiger partial charge is 0.377 e. The first-order valence-electron chi connectivity index (χ1n) is 10.2. The van der Waals surface area contributed by atoms with E-state index in [1.54, 1.807) is 13.2 Å². The summed E-state index contributed by atoms with van der Waals surface area (Å²) in [6, 6.07) is 9.37. The number of ether oxygens (including phenoxy) is 1. The second kappa shape index (κ2) is 10.7. The maximum Gasteiger partial charge on any atom is 0.156 e. The Kier molecular flexibility index (Phi) is 8.85. The highest BCUT2D eigenvalue weighted by atomic mass is 35.5. The Labute approximate surface area is 190 Å². The Morgan fingerprint density at radius 1 is 1.17 bits per heavy atom. The SMILES string of the molecule is COCc1nc(NCC2(c3cccc(F)c3)CCCC2)cc(C2CC(N)C2)n1.Cl.Cl. The Morgan fingerprint density at radius 3 is 2.53 bits per heavy atom. The molecule has 1 aromatic heterocycles. The van der Waals surface area contributed by atoms with Crippen LogP contribution in [0.15, 0.2) is 30.3 Å². The number of rotatable bonds is 7. The van der Waals surface area contributed by atoms with Crippen LogP contribution in [0.4, 0.5) is 10.2 Å². The van der Waals surface area contributed by atoms with E-state index in [1.807, 2.05) is 18.2 Å². The van der Waals surface area contributed by atoms with E-state index >= 15 is 0 Å². The van der Waals surface area contributed by atoms with Crippen molar-refractivity contribution in [2.45, 2.75) is 62.5 Å². The number of methoxy groups -OCH3 is 1. The van der Waals surface area contributed by atoms with Crippen LogP contribution in [0.1, 0.15) is 61.5 Å². The van der Waals surface area contributed by atoms with Crippen molar-refractivity contribution in [3.05, 3.63) is 53.2 Å². The average molecular weight is 457 g/mol. The Morgan fingerprint density at radius 2 is 1.90 bits per heavy atom. The first-order chi connectivity index (χ1) is 13.6. The van der Waals surface area contributed by atoms with Crippen molar-refractivity contribution in [1.29, 1.82) is 0 Å². The fraction of sp³-hybridized carbons (Fsp3) is 0.545. The van der Waals surface area contributed by atoms with Gasteiger partial charge in [-0.15, -0.1) is 24.8 Å². The summed E-state index contributed by atoms with van der Waals surface area (Å²) >= 11 is 0. The Balaban J connectivity index is 0.00000160. The highest BCUT2D eigenvalue weighted by molar-refractivity contribution is 5.85. The highest BCUT2D eigenvalue weighted by Gasteiger charge is 2.36. The molecular formula is C22H31Cl2FN4O. The lowest BCUT2D eigenvalue weighted by atomic mass is 9.78. The van der Waals surface area contributed by atoms with Crippen LogP contribution in [-0.4, -0.2) is 29.7 Å². The summed E-state index contributed by atoms with van der Waals surface area (Å²) in [5.41, 5.74) is 8.03. The predicted octanol–water partition coefficient (Wildman–Crippen LogP) is 4.73. The molecule has 2 fully saturated rings. The zero-order chi connectivity index (χ0) is 19.6. The number of aromatic nitrogens is 2. The quantitative estimate of drug-likeness (QED) is 0.629. The van der Waals surface area contributed by atoms with Gasteiger partial charge < -0.3 is 15.8 Å². The third kappa shape index (κ3) is 5.41. The van der Waals surface area contributed by atoms with E-state index in [9.17, 15) is 4.39 Å². The molecule has 0 amide bonds. The third-order valence-electron chi connectivity index (χ3n) is 6.26. The minimum Gasteiger partial charge on any atom is -0.377 e. The van der Waals surface area contributed by atoms with Gasteiger partial charge >= 0.3 is 0 Å². The maximum absolute atomic E-state index is 13.8. The van der Waals surface area contributed by atoms with Gasteiger partial charge in [-0.3, -0.25) is 0 Å². The summed E-state index contributed by atoms with van der Waals surface area (Å²) in [5, 5.41) is 3.54. The number of nitrogens with one attached hydrogen (secondary N) is 1. The predicted molar refractivity (Wildman–Crippen MR) is 122 cm³/mol. The van der Waals surface area contributed by atoms with Gasteiger partial charge in [0.1, 0.15) is 18.2 Å². The van der Waals surface area contributed by atoms with E-state index in [4.69, 9.17) is 10.5 Å². The molecule has 0 spiro atoms. The molecule has 1 heterocycles. The minimum absolute atomic E-state index is 0. The van der Waals surface area contributed by atoms with Crippen molar-refractivity contribution in [1.82, 2.24) is 9.97 Å². The molecule has 4 rings (SSSR count). The van der Waals surface area contributed by atoms with Gasteiger partial charge in [-0.2, -0.15) is 0 Å². The topological polar surface area (TPSA) is 73.1 Å². The summed E-state index contributed by atoms with van der Waals surface area (Å²) in [4.78, 5) is 9.30. The first-order valence-corrected chi connectivity index (χ1v) is 10.2. The lowest BCUT2D eigenvalue weighted by molar-refractivity contribution is 0.177. The van der Waals surface area contributed by atoms with Crippen LogP contribution in [0.2, 0.25) is 0 Å². The first kappa shape index (κ1) is 24.8. The van der Waals surface area contributed by atoms with Crippen molar-refractivity contribution >= 4 is 30.6 Å². The smallest absolute Gasteiger partial charge is 0.156 e. The van der Waals surface area contributed by atoms with Crippen LogP contribution < -0.4 is 11.1 Å². The molecule has 0 atom stereocenters. The van der Waals surface area contributed by atoms with Crippen molar-refractivity contribution in [2.24, 2.45) is 5.73 Å². The number of hydrogen-bond donors (Lipinski definition) is 2. The molecule has 1 aromatic carbocycles. The van der Waals surface area contributed by atoms with E-state index < -0.39 is 0 Å². The lowest BCUT2D eigenvalue weighted by Gasteiger charge is -2.33. The van der Waals surface area contributed by atoms with Crippen molar-refractivity contribution in [3.63, 3.8) is 0 Å². The highest BCUT2D eigenvalue weighted by Crippen LogP contribution is 2.41. The molecule has 3 N–H and O–H groups in total. The van der Waals surface area contributed by atoms with Crippen molar-refractivity contribution in [3.8, 4) is 0 Å². The summed E-state index contributed by atoms with van der Waals surface area (Å²) in [5.74, 6) is 1.74. The van der Waals surface area contributed by atoms with Gasteiger partial charge in [0.25, 0.3) is 0 Å². The number of benzene rings is 1. The fourth-order valence-electron chi connectivity index (χ4n) is 4.61. The molecule has 0 saturated heterocycles. The summed E-state index contributed by atoms with van der Waals surface area (Å²) in [6.07, 6.45) is 6.39. The maximum atomic E-state index is 13.8. The Hall–Kier alpha value is -1.47. The van der Waals surface area contributed by atoms with Crippen LogP contribution >= 0.6 is 24.8 Å². The van der Waals surface area contributed by atoms with Gasteiger partial charge in [-0.1, -0.05) is 25.0 Å². The van der Waals surface area contributed by atoms with E-state index in [0.29, 0.717) is 18.3 Å². The van der Waals surface area contributed by atoms with Crippen LogP contribution in [0.25, 0.3) is 0 Å². The molecule has 8 heteroatoms. The number of anilines is 1. The van der Waals surface area contributed by atoms with Crippen LogP contribution in [-0.2, 0) is 16.8 Å². The zero-order valence-electron chi connectivity index (χ0n) is 17.3. The number of hydrogen-bond acceptors (Lipinski definition) is 5. The molecule has 2 aromatic rings. The number of halogens is 3. The van der Waals surface area contributed by atoms with Gasteiger partial charge in [-0.05, 0) is 43.4 Å². The molecule has 5 nitrogen and oxygen atoms in total. The minimum atomic E-state index is -0.170. The van der Waals surface area contributed by atoms with E-state index in [1.165, 1.54) is 18.9 Å². The van der Waals surface area contributed by atoms with Crippen LogP contribution in [0.5, 0.6) is 0 Å². The number of nitrogens with two attached hydrogens (primary N) is 1. The van der Waals surface area contributed by atoms with Gasteiger partial charge in [-0.25, -0.2) is 14.4 Å². The molecule has 166 valence electrons. The van der Waals surface area contributed by atoms with Crippen LogP contribution in [0, 0.1) is 5.82 Å². The lowest BCUT2D eigenvalue weighted by Crippen LogP contribution is -2.35. The second-order valence-electron chi connectivity index (χ2n) is 8.31. The molecule has 0 unspecified atom stereocenters. The standard InChI is InChI=1S/C22H29FN4O.2ClH/c1-28-13-21-26-19(15-9-18(24)10-15)12-20(27-21)25-14-22(7-2-3-8-22)16-5-4-6-17(23)11-16;;/h4-6,11-12,15,18H,2-3,7-10,13-14,24H2,1H3,(H,25,26,27);2*1H.